The fourth-order valence-electron chi connectivity index (χ4n) is 3.64. The average molecular weight is 395 g/mol. The summed E-state index contributed by atoms with van der Waals surface area (Å²) in [5.41, 5.74) is 1.90. The van der Waals surface area contributed by atoms with Gasteiger partial charge in [0.05, 0.1) is 23.6 Å². The molecule has 2 aliphatic rings. The fourth-order valence-corrected chi connectivity index (χ4v) is 5.73. The molecule has 0 aliphatic carbocycles. The van der Waals surface area contributed by atoms with Crippen LogP contribution >= 0.6 is 11.6 Å². The number of urea groups is 1. The molecule has 2 amide bonds. The van der Waals surface area contributed by atoms with Crippen LogP contribution in [0.4, 0.5) is 20.6 Å². The SMILES string of the molecule is Cc1ccc(N2C(=O)N(c3ccc(F)cc3)[C@@H]3CS(=O)(=O)C[C@@H]32)cc1Cl. The lowest BCUT2D eigenvalue weighted by Crippen LogP contribution is -2.37. The lowest BCUT2D eigenvalue weighted by atomic mass is 10.1. The molecule has 0 aromatic heterocycles. The molecule has 2 atom stereocenters. The van der Waals surface area contributed by atoms with Crippen molar-refractivity contribution in [3.05, 3.63) is 58.9 Å². The number of rotatable bonds is 2. The third-order valence-corrected chi connectivity index (χ3v) is 7.01. The van der Waals surface area contributed by atoms with E-state index in [1.807, 2.05) is 6.92 Å². The average Bonchev–Trinajstić information content (AvgIpc) is 3.00. The van der Waals surface area contributed by atoms with Crippen LogP contribution in [0.3, 0.4) is 0 Å². The molecule has 0 spiro atoms. The number of aryl methyl sites for hydroxylation is 1. The zero-order valence-electron chi connectivity index (χ0n) is 13.9. The fraction of sp³-hybridized carbons (Fsp3) is 0.278. The molecule has 0 bridgehead atoms. The summed E-state index contributed by atoms with van der Waals surface area (Å²) in [5, 5.41) is 0.507. The maximum atomic E-state index is 13.3. The van der Waals surface area contributed by atoms with E-state index >= 15 is 0 Å². The van der Waals surface area contributed by atoms with E-state index in [0.717, 1.165) is 5.56 Å². The van der Waals surface area contributed by atoms with Crippen LogP contribution in [0.15, 0.2) is 42.5 Å². The van der Waals surface area contributed by atoms with E-state index in [0.29, 0.717) is 16.4 Å². The molecule has 2 fully saturated rings. The van der Waals surface area contributed by atoms with Crippen LogP contribution < -0.4 is 9.80 Å². The highest BCUT2D eigenvalue weighted by molar-refractivity contribution is 7.91. The van der Waals surface area contributed by atoms with Crippen LogP contribution in [0, 0.1) is 12.7 Å². The number of carbonyl (C=O) groups excluding carboxylic acids is 1. The Hall–Kier alpha value is -2.12. The minimum atomic E-state index is -3.28. The van der Waals surface area contributed by atoms with Gasteiger partial charge in [-0.1, -0.05) is 17.7 Å². The molecule has 4 rings (SSSR count). The monoisotopic (exact) mass is 394 g/mol. The zero-order valence-corrected chi connectivity index (χ0v) is 15.5. The third kappa shape index (κ3) is 2.75. The number of anilines is 2. The van der Waals surface area contributed by atoms with E-state index in [1.54, 1.807) is 18.2 Å². The molecule has 2 aromatic rings. The largest absolute Gasteiger partial charge is 0.329 e. The standard InChI is InChI=1S/C18H16ClFN2O3S/c1-11-2-5-14(8-15(11)19)22-17-10-26(24,25)9-16(17)21(18(22)23)13-6-3-12(20)4-7-13/h2-8,16-17H,9-10H2,1H3/t16-,17+/m1/s1. The van der Waals surface area contributed by atoms with Crippen molar-refractivity contribution in [3.8, 4) is 0 Å². The van der Waals surface area contributed by atoms with Gasteiger partial charge in [0.1, 0.15) is 5.82 Å². The first-order valence-electron chi connectivity index (χ1n) is 8.11. The van der Waals surface area contributed by atoms with Crippen molar-refractivity contribution in [1.29, 1.82) is 0 Å². The van der Waals surface area contributed by atoms with Crippen LogP contribution in [0.2, 0.25) is 5.02 Å². The predicted molar refractivity (Wildman–Crippen MR) is 99.2 cm³/mol. The van der Waals surface area contributed by atoms with E-state index in [1.165, 1.54) is 34.1 Å². The van der Waals surface area contributed by atoms with E-state index in [9.17, 15) is 17.6 Å². The Labute approximate surface area is 155 Å². The summed E-state index contributed by atoms with van der Waals surface area (Å²) in [5.74, 6) is -0.637. The van der Waals surface area contributed by atoms with Crippen molar-refractivity contribution < 1.29 is 17.6 Å². The maximum Gasteiger partial charge on any atom is 0.329 e. The van der Waals surface area contributed by atoms with Gasteiger partial charge in [-0.2, -0.15) is 0 Å². The number of fused-ring (bicyclic) bond motifs is 1. The minimum absolute atomic E-state index is 0.105. The van der Waals surface area contributed by atoms with Gasteiger partial charge in [0.15, 0.2) is 9.84 Å². The zero-order chi connectivity index (χ0) is 18.6. The Balaban J connectivity index is 1.81. The predicted octanol–water partition coefficient (Wildman–Crippen LogP) is 3.40. The van der Waals surface area contributed by atoms with Crippen molar-refractivity contribution in [3.63, 3.8) is 0 Å². The first-order chi connectivity index (χ1) is 12.3. The number of carbonyl (C=O) groups is 1. The van der Waals surface area contributed by atoms with Gasteiger partial charge in [-0.25, -0.2) is 17.6 Å². The van der Waals surface area contributed by atoms with Crippen LogP contribution in [-0.2, 0) is 9.84 Å². The van der Waals surface area contributed by atoms with E-state index < -0.39 is 27.7 Å². The van der Waals surface area contributed by atoms with Gasteiger partial charge in [-0.05, 0) is 48.9 Å². The Kier molecular flexibility index (Phi) is 3.96. The second-order valence-electron chi connectivity index (χ2n) is 6.64. The Bertz CT molecular complexity index is 994. The molecule has 0 unspecified atom stereocenters. The topological polar surface area (TPSA) is 57.7 Å². The number of halogens is 2. The van der Waals surface area contributed by atoms with Gasteiger partial charge in [-0.15, -0.1) is 0 Å². The van der Waals surface area contributed by atoms with Gasteiger partial charge < -0.3 is 0 Å². The molecule has 2 heterocycles. The molecule has 5 nitrogen and oxygen atoms in total. The van der Waals surface area contributed by atoms with Crippen molar-refractivity contribution >= 4 is 38.8 Å². The molecule has 2 saturated heterocycles. The lowest BCUT2D eigenvalue weighted by Gasteiger charge is -2.23. The van der Waals surface area contributed by atoms with Gasteiger partial charge >= 0.3 is 6.03 Å². The second-order valence-corrected chi connectivity index (χ2v) is 9.21. The summed E-state index contributed by atoms with van der Waals surface area (Å²) >= 11 is 6.20. The minimum Gasteiger partial charge on any atom is -0.288 e. The van der Waals surface area contributed by atoms with E-state index in [2.05, 4.69) is 0 Å². The summed E-state index contributed by atoms with van der Waals surface area (Å²) in [6, 6.07) is 9.36. The summed E-state index contributed by atoms with van der Waals surface area (Å²) in [6.45, 7) is 1.85. The number of hydrogen-bond acceptors (Lipinski definition) is 3. The highest BCUT2D eigenvalue weighted by Crippen LogP contribution is 2.38. The van der Waals surface area contributed by atoms with Gasteiger partial charge in [0.2, 0.25) is 0 Å². The second kappa shape index (κ2) is 5.96. The number of sulfone groups is 1. The van der Waals surface area contributed by atoms with Gasteiger partial charge in [-0.3, -0.25) is 9.80 Å². The first kappa shape index (κ1) is 17.3. The molecule has 0 saturated carbocycles. The lowest BCUT2D eigenvalue weighted by molar-refractivity contribution is 0.255. The molecule has 2 aromatic carbocycles. The quantitative estimate of drug-likeness (QED) is 0.733. The van der Waals surface area contributed by atoms with Crippen LogP contribution in [0.25, 0.3) is 0 Å². The first-order valence-corrected chi connectivity index (χ1v) is 10.3. The summed E-state index contributed by atoms with van der Waals surface area (Å²) in [4.78, 5) is 16.1. The van der Waals surface area contributed by atoms with Crippen molar-refractivity contribution in [1.82, 2.24) is 0 Å². The summed E-state index contributed by atoms with van der Waals surface area (Å²) < 4.78 is 37.7. The van der Waals surface area contributed by atoms with Crippen molar-refractivity contribution in [2.45, 2.75) is 19.0 Å². The smallest absolute Gasteiger partial charge is 0.288 e. The van der Waals surface area contributed by atoms with Crippen molar-refractivity contribution in [2.24, 2.45) is 0 Å². The molecular weight excluding hydrogens is 379 g/mol. The third-order valence-electron chi connectivity index (χ3n) is 4.91. The number of amides is 2. The Morgan fingerprint density at radius 1 is 1.00 bits per heavy atom. The summed E-state index contributed by atoms with van der Waals surface area (Å²) in [7, 11) is -3.28. The van der Waals surface area contributed by atoms with Gasteiger partial charge in [0.25, 0.3) is 0 Å². The molecule has 0 N–H and O–H groups in total. The molecule has 2 aliphatic heterocycles. The Morgan fingerprint density at radius 2 is 1.54 bits per heavy atom. The molecule has 136 valence electrons. The number of hydrogen-bond donors (Lipinski definition) is 0. The molecular formula is C18H16ClFN2O3S. The molecule has 8 heteroatoms. The van der Waals surface area contributed by atoms with Crippen LogP contribution in [0.1, 0.15) is 5.56 Å². The van der Waals surface area contributed by atoms with Crippen molar-refractivity contribution in [2.75, 3.05) is 21.3 Å². The molecule has 0 radical (unpaired) electrons. The molecule has 26 heavy (non-hydrogen) atoms. The number of benzene rings is 2. The maximum absolute atomic E-state index is 13.3. The normalized spacial score (nSPS) is 24.2. The van der Waals surface area contributed by atoms with Crippen LogP contribution in [-0.4, -0.2) is 38.0 Å². The highest BCUT2D eigenvalue weighted by Gasteiger charge is 2.54. The van der Waals surface area contributed by atoms with E-state index in [4.69, 9.17) is 11.6 Å². The van der Waals surface area contributed by atoms with Crippen LogP contribution in [0.5, 0.6) is 0 Å². The van der Waals surface area contributed by atoms with Gasteiger partial charge in [0, 0.05) is 16.4 Å². The van der Waals surface area contributed by atoms with E-state index in [-0.39, 0.29) is 17.5 Å². The number of nitrogens with zero attached hydrogens (tertiary/aromatic N) is 2. The highest BCUT2D eigenvalue weighted by atomic mass is 35.5. The Morgan fingerprint density at radius 3 is 2.12 bits per heavy atom. The summed E-state index contributed by atoms with van der Waals surface area (Å²) in [6.07, 6.45) is 0.